The monoisotopic (exact) mass is 304 g/mol. The van der Waals surface area contributed by atoms with Crippen LogP contribution in [0.4, 0.5) is 4.39 Å². The average molecular weight is 304 g/mol. The number of phenolic OH excluding ortho intramolecular Hbond substituents is 1. The Bertz CT molecular complexity index is 637. The van der Waals surface area contributed by atoms with Crippen molar-refractivity contribution in [3.63, 3.8) is 0 Å². The molecule has 2 aromatic carbocycles. The number of ether oxygens (including phenoxy) is 2. The van der Waals surface area contributed by atoms with Crippen LogP contribution in [0.25, 0.3) is 0 Å². The van der Waals surface area contributed by atoms with E-state index in [-0.39, 0.29) is 12.4 Å². The Morgan fingerprint density at radius 2 is 1.73 bits per heavy atom. The third-order valence-electron chi connectivity index (χ3n) is 3.22. The molecule has 0 saturated heterocycles. The van der Waals surface area contributed by atoms with Crippen LogP contribution in [0, 0.1) is 5.82 Å². The molecule has 0 aliphatic carbocycles. The second-order valence-electron chi connectivity index (χ2n) is 4.86. The quantitative estimate of drug-likeness (QED) is 0.860. The van der Waals surface area contributed by atoms with Crippen LogP contribution in [-0.2, 0) is 15.1 Å². The first-order valence-electron chi connectivity index (χ1n) is 6.87. The lowest BCUT2D eigenvalue weighted by atomic mass is 9.95. The normalized spacial score (nSPS) is 13.2. The van der Waals surface area contributed by atoms with Crippen molar-refractivity contribution in [3.05, 3.63) is 59.9 Å². The van der Waals surface area contributed by atoms with Gasteiger partial charge in [-0.1, -0.05) is 12.1 Å². The average Bonchev–Trinajstić information content (AvgIpc) is 2.50. The molecule has 0 radical (unpaired) electrons. The van der Waals surface area contributed by atoms with Gasteiger partial charge >= 0.3 is 5.97 Å². The lowest BCUT2D eigenvalue weighted by Crippen LogP contribution is -2.40. The first kappa shape index (κ1) is 15.8. The van der Waals surface area contributed by atoms with Gasteiger partial charge in [-0.05, 0) is 50.2 Å². The van der Waals surface area contributed by atoms with Crippen molar-refractivity contribution in [1.29, 1.82) is 0 Å². The minimum atomic E-state index is -1.40. The summed E-state index contributed by atoms with van der Waals surface area (Å²) < 4.78 is 23.9. The number of hydrogen-bond donors (Lipinski definition) is 1. The molecule has 0 heterocycles. The van der Waals surface area contributed by atoms with Crippen molar-refractivity contribution in [3.8, 4) is 11.5 Å². The molecule has 0 saturated carbocycles. The van der Waals surface area contributed by atoms with E-state index in [1.165, 1.54) is 36.4 Å². The second kappa shape index (κ2) is 6.47. The van der Waals surface area contributed by atoms with Crippen molar-refractivity contribution in [2.75, 3.05) is 6.61 Å². The summed E-state index contributed by atoms with van der Waals surface area (Å²) >= 11 is 0. The zero-order valence-corrected chi connectivity index (χ0v) is 12.4. The maximum atomic E-state index is 13.0. The van der Waals surface area contributed by atoms with Gasteiger partial charge in [-0.2, -0.15) is 0 Å². The molecule has 4 nitrogen and oxygen atoms in total. The van der Waals surface area contributed by atoms with Crippen LogP contribution in [-0.4, -0.2) is 17.7 Å². The molecule has 1 N–H and O–H groups in total. The molecule has 2 aromatic rings. The van der Waals surface area contributed by atoms with Crippen LogP contribution in [0.5, 0.6) is 11.5 Å². The summed E-state index contributed by atoms with van der Waals surface area (Å²) in [5, 5.41) is 9.39. The molecule has 0 fully saturated rings. The van der Waals surface area contributed by atoms with Crippen molar-refractivity contribution in [2.24, 2.45) is 0 Å². The fourth-order valence-corrected chi connectivity index (χ4v) is 2.01. The molecule has 0 aliphatic heterocycles. The summed E-state index contributed by atoms with van der Waals surface area (Å²) in [5.74, 6) is -0.540. The van der Waals surface area contributed by atoms with Gasteiger partial charge in [-0.3, -0.25) is 0 Å². The standard InChI is InChI=1S/C17H17FO4/c1-3-21-16(20)17(2,12-4-8-14(19)9-5-12)22-15-10-6-13(18)7-11-15/h4-11,19H,3H2,1-2H3. The number of esters is 1. The minimum Gasteiger partial charge on any atom is -0.508 e. The Balaban J connectivity index is 2.38. The summed E-state index contributed by atoms with van der Waals surface area (Å²) in [6.45, 7) is 3.48. The molecular weight excluding hydrogens is 287 g/mol. The van der Waals surface area contributed by atoms with Gasteiger partial charge in [0.05, 0.1) is 6.61 Å². The number of rotatable bonds is 5. The SMILES string of the molecule is CCOC(=O)C(C)(Oc1ccc(F)cc1)c1ccc(O)cc1. The smallest absolute Gasteiger partial charge is 0.354 e. The predicted octanol–water partition coefficient (Wildman–Crippen LogP) is 3.39. The van der Waals surface area contributed by atoms with E-state index in [1.807, 2.05) is 0 Å². The van der Waals surface area contributed by atoms with E-state index < -0.39 is 17.4 Å². The first-order valence-corrected chi connectivity index (χ1v) is 6.87. The van der Waals surface area contributed by atoms with Gasteiger partial charge in [0.25, 0.3) is 0 Å². The number of carbonyl (C=O) groups excluding carboxylic acids is 1. The summed E-state index contributed by atoms with van der Waals surface area (Å²) in [5.41, 5.74) is -0.880. The molecule has 116 valence electrons. The highest BCUT2D eigenvalue weighted by atomic mass is 19.1. The highest BCUT2D eigenvalue weighted by Crippen LogP contribution is 2.30. The van der Waals surface area contributed by atoms with Crippen LogP contribution in [0.3, 0.4) is 0 Å². The molecule has 0 bridgehead atoms. The molecule has 0 amide bonds. The predicted molar refractivity (Wildman–Crippen MR) is 79.1 cm³/mol. The molecule has 0 aromatic heterocycles. The molecule has 1 unspecified atom stereocenters. The van der Waals surface area contributed by atoms with Gasteiger partial charge in [0.1, 0.15) is 17.3 Å². The Hall–Kier alpha value is -2.56. The van der Waals surface area contributed by atoms with Crippen molar-refractivity contribution in [1.82, 2.24) is 0 Å². The van der Waals surface area contributed by atoms with E-state index in [9.17, 15) is 14.3 Å². The number of halogens is 1. The van der Waals surface area contributed by atoms with Crippen LogP contribution >= 0.6 is 0 Å². The van der Waals surface area contributed by atoms with Crippen LogP contribution in [0.1, 0.15) is 19.4 Å². The molecular formula is C17H17FO4. The van der Waals surface area contributed by atoms with Gasteiger partial charge in [-0.25, -0.2) is 9.18 Å². The van der Waals surface area contributed by atoms with Crippen molar-refractivity contribution < 1.29 is 23.8 Å². The fraction of sp³-hybridized carbons (Fsp3) is 0.235. The molecule has 5 heteroatoms. The summed E-state index contributed by atoms with van der Waals surface area (Å²) in [6, 6.07) is 11.4. The maximum Gasteiger partial charge on any atom is 0.354 e. The Kier molecular flexibility index (Phi) is 4.65. The number of benzene rings is 2. The fourth-order valence-electron chi connectivity index (χ4n) is 2.01. The van der Waals surface area contributed by atoms with Gasteiger partial charge in [-0.15, -0.1) is 0 Å². The number of carbonyl (C=O) groups is 1. The molecule has 0 aliphatic rings. The summed E-state index contributed by atoms with van der Waals surface area (Å²) in [4.78, 5) is 12.3. The maximum absolute atomic E-state index is 13.0. The van der Waals surface area contributed by atoms with E-state index in [2.05, 4.69) is 0 Å². The van der Waals surface area contributed by atoms with E-state index in [0.29, 0.717) is 11.3 Å². The van der Waals surface area contributed by atoms with Gasteiger partial charge < -0.3 is 14.6 Å². The number of aromatic hydroxyl groups is 1. The highest BCUT2D eigenvalue weighted by Gasteiger charge is 2.39. The van der Waals surface area contributed by atoms with Gasteiger partial charge in [0.15, 0.2) is 0 Å². The van der Waals surface area contributed by atoms with Crippen LogP contribution < -0.4 is 4.74 Å². The number of phenols is 1. The van der Waals surface area contributed by atoms with E-state index >= 15 is 0 Å². The topological polar surface area (TPSA) is 55.8 Å². The Morgan fingerprint density at radius 1 is 1.14 bits per heavy atom. The highest BCUT2D eigenvalue weighted by molar-refractivity contribution is 5.81. The van der Waals surface area contributed by atoms with E-state index in [0.717, 1.165) is 0 Å². The third kappa shape index (κ3) is 3.36. The van der Waals surface area contributed by atoms with Crippen LogP contribution in [0.15, 0.2) is 48.5 Å². The lowest BCUT2D eigenvalue weighted by molar-refractivity contribution is -0.161. The molecule has 1 atom stereocenters. The van der Waals surface area contributed by atoms with Gasteiger partial charge in [0, 0.05) is 5.56 Å². The Labute approximate surface area is 128 Å². The Morgan fingerprint density at radius 3 is 2.27 bits per heavy atom. The lowest BCUT2D eigenvalue weighted by Gasteiger charge is -2.29. The van der Waals surface area contributed by atoms with Crippen LogP contribution in [0.2, 0.25) is 0 Å². The molecule has 0 spiro atoms. The minimum absolute atomic E-state index is 0.0803. The second-order valence-corrected chi connectivity index (χ2v) is 4.86. The molecule has 22 heavy (non-hydrogen) atoms. The van der Waals surface area contributed by atoms with Gasteiger partial charge in [0.2, 0.25) is 5.60 Å². The zero-order chi connectivity index (χ0) is 16.2. The largest absolute Gasteiger partial charge is 0.508 e. The summed E-state index contributed by atoms with van der Waals surface area (Å²) in [7, 11) is 0. The van der Waals surface area contributed by atoms with E-state index in [4.69, 9.17) is 9.47 Å². The first-order chi connectivity index (χ1) is 10.5. The zero-order valence-electron chi connectivity index (χ0n) is 12.4. The van der Waals surface area contributed by atoms with E-state index in [1.54, 1.807) is 26.0 Å². The van der Waals surface area contributed by atoms with Crippen molar-refractivity contribution >= 4 is 5.97 Å². The third-order valence-corrected chi connectivity index (χ3v) is 3.22. The summed E-state index contributed by atoms with van der Waals surface area (Å²) in [6.07, 6.45) is 0. The number of hydrogen-bond acceptors (Lipinski definition) is 4. The molecule has 2 rings (SSSR count). The van der Waals surface area contributed by atoms with Crippen molar-refractivity contribution in [2.45, 2.75) is 19.4 Å².